The van der Waals surface area contributed by atoms with Crippen molar-refractivity contribution >= 4 is 6.29 Å². The summed E-state index contributed by atoms with van der Waals surface area (Å²) in [6.45, 7) is 4.34. The summed E-state index contributed by atoms with van der Waals surface area (Å²) in [5.41, 5.74) is 0.661. The number of hydrogen-bond acceptors (Lipinski definition) is 3. The quantitative estimate of drug-likeness (QED) is 0.696. The lowest BCUT2D eigenvalue weighted by atomic mass is 10.1. The molecule has 1 fully saturated rings. The third kappa shape index (κ3) is 2.89. The molecule has 0 radical (unpaired) electrons. The standard InChI is InChI=1S/C11H17N3O/c15-10-11-8-12-14(9-11)7-6-13-4-2-1-3-5-13/h8-10H,1-7H2. The van der Waals surface area contributed by atoms with E-state index in [0.717, 1.165) is 19.4 Å². The van der Waals surface area contributed by atoms with E-state index in [1.54, 1.807) is 12.4 Å². The molecule has 0 spiro atoms. The molecule has 1 saturated heterocycles. The van der Waals surface area contributed by atoms with Gasteiger partial charge in [-0.2, -0.15) is 5.10 Å². The van der Waals surface area contributed by atoms with Crippen LogP contribution < -0.4 is 0 Å². The molecule has 0 N–H and O–H groups in total. The minimum atomic E-state index is 0.661. The molecule has 15 heavy (non-hydrogen) atoms. The Morgan fingerprint density at radius 1 is 1.27 bits per heavy atom. The highest BCUT2D eigenvalue weighted by atomic mass is 16.1. The van der Waals surface area contributed by atoms with Gasteiger partial charge < -0.3 is 4.90 Å². The van der Waals surface area contributed by atoms with Crippen LogP contribution in [0.25, 0.3) is 0 Å². The summed E-state index contributed by atoms with van der Waals surface area (Å²) in [7, 11) is 0. The maximum absolute atomic E-state index is 10.5. The Bertz CT molecular complexity index is 315. The van der Waals surface area contributed by atoms with Crippen molar-refractivity contribution in [1.82, 2.24) is 14.7 Å². The number of nitrogens with zero attached hydrogens (tertiary/aromatic N) is 3. The summed E-state index contributed by atoms with van der Waals surface area (Å²) in [5.74, 6) is 0. The monoisotopic (exact) mass is 207 g/mol. The highest BCUT2D eigenvalue weighted by molar-refractivity contribution is 5.73. The molecule has 4 heteroatoms. The zero-order chi connectivity index (χ0) is 10.5. The number of rotatable bonds is 4. The van der Waals surface area contributed by atoms with Gasteiger partial charge in [0.1, 0.15) is 0 Å². The maximum atomic E-state index is 10.5. The highest BCUT2D eigenvalue weighted by Crippen LogP contribution is 2.08. The molecule has 0 aliphatic carbocycles. The van der Waals surface area contributed by atoms with E-state index in [2.05, 4.69) is 10.00 Å². The Balaban J connectivity index is 1.79. The summed E-state index contributed by atoms with van der Waals surface area (Å²) < 4.78 is 1.85. The molecule has 1 aliphatic rings. The summed E-state index contributed by atoms with van der Waals surface area (Å²) in [4.78, 5) is 12.9. The van der Waals surface area contributed by atoms with Gasteiger partial charge >= 0.3 is 0 Å². The van der Waals surface area contributed by atoms with Gasteiger partial charge in [0.05, 0.1) is 18.3 Å². The minimum Gasteiger partial charge on any atom is -0.301 e. The lowest BCUT2D eigenvalue weighted by Gasteiger charge is -2.26. The van der Waals surface area contributed by atoms with Crippen LogP contribution in [0, 0.1) is 0 Å². The van der Waals surface area contributed by atoms with Crippen LogP contribution >= 0.6 is 0 Å². The Kier molecular flexibility index (Phi) is 3.50. The van der Waals surface area contributed by atoms with Crippen molar-refractivity contribution in [1.29, 1.82) is 0 Å². The molecular formula is C11H17N3O. The van der Waals surface area contributed by atoms with E-state index in [1.807, 2.05) is 4.68 Å². The van der Waals surface area contributed by atoms with Gasteiger partial charge in [-0.3, -0.25) is 9.48 Å². The molecule has 4 nitrogen and oxygen atoms in total. The number of hydrogen-bond donors (Lipinski definition) is 0. The molecule has 2 heterocycles. The smallest absolute Gasteiger partial charge is 0.153 e. The van der Waals surface area contributed by atoms with Gasteiger partial charge in [0.15, 0.2) is 6.29 Å². The topological polar surface area (TPSA) is 38.1 Å². The van der Waals surface area contributed by atoms with E-state index in [4.69, 9.17) is 0 Å². The number of carbonyl (C=O) groups excluding carboxylic acids is 1. The first-order valence-electron chi connectivity index (χ1n) is 5.58. The van der Waals surface area contributed by atoms with Gasteiger partial charge in [-0.1, -0.05) is 6.42 Å². The van der Waals surface area contributed by atoms with Crippen molar-refractivity contribution in [3.63, 3.8) is 0 Å². The summed E-state index contributed by atoms with van der Waals surface area (Å²) >= 11 is 0. The Morgan fingerprint density at radius 3 is 2.73 bits per heavy atom. The first kappa shape index (κ1) is 10.4. The average Bonchev–Trinajstić information content (AvgIpc) is 2.76. The lowest BCUT2D eigenvalue weighted by Crippen LogP contribution is -2.32. The zero-order valence-corrected chi connectivity index (χ0v) is 8.93. The summed E-state index contributed by atoms with van der Waals surface area (Å²) in [5, 5.41) is 4.13. The third-order valence-corrected chi connectivity index (χ3v) is 2.88. The van der Waals surface area contributed by atoms with Crippen molar-refractivity contribution < 1.29 is 4.79 Å². The van der Waals surface area contributed by atoms with Crippen molar-refractivity contribution in [3.8, 4) is 0 Å². The Hall–Kier alpha value is -1.16. The largest absolute Gasteiger partial charge is 0.301 e. The molecule has 0 unspecified atom stereocenters. The fourth-order valence-corrected chi connectivity index (χ4v) is 1.99. The molecule has 0 atom stereocenters. The number of likely N-dealkylation sites (tertiary alicyclic amines) is 1. The molecule has 82 valence electrons. The van der Waals surface area contributed by atoms with E-state index in [9.17, 15) is 4.79 Å². The van der Waals surface area contributed by atoms with Crippen LogP contribution in [0.4, 0.5) is 0 Å². The van der Waals surface area contributed by atoms with Crippen LogP contribution in [0.15, 0.2) is 12.4 Å². The molecule has 0 saturated carbocycles. The van der Waals surface area contributed by atoms with Crippen LogP contribution in [0.1, 0.15) is 29.6 Å². The fraction of sp³-hybridized carbons (Fsp3) is 0.636. The fourth-order valence-electron chi connectivity index (χ4n) is 1.99. The Labute approximate surface area is 89.9 Å². The molecule has 2 rings (SSSR count). The van der Waals surface area contributed by atoms with Gasteiger partial charge in [0, 0.05) is 12.7 Å². The van der Waals surface area contributed by atoms with E-state index < -0.39 is 0 Å². The highest BCUT2D eigenvalue weighted by Gasteiger charge is 2.09. The number of aldehydes is 1. The first-order chi connectivity index (χ1) is 7.38. The summed E-state index contributed by atoms with van der Waals surface area (Å²) in [6.07, 6.45) is 8.26. The van der Waals surface area contributed by atoms with E-state index in [-0.39, 0.29) is 0 Å². The molecule has 1 aliphatic heterocycles. The van der Waals surface area contributed by atoms with Crippen molar-refractivity contribution in [2.45, 2.75) is 25.8 Å². The molecule has 1 aromatic heterocycles. The van der Waals surface area contributed by atoms with Crippen LogP contribution in [-0.4, -0.2) is 40.6 Å². The van der Waals surface area contributed by atoms with Crippen LogP contribution in [0.5, 0.6) is 0 Å². The van der Waals surface area contributed by atoms with Crippen molar-refractivity contribution in [2.75, 3.05) is 19.6 Å². The molecular weight excluding hydrogens is 190 g/mol. The second kappa shape index (κ2) is 5.07. The van der Waals surface area contributed by atoms with Crippen LogP contribution in [0.3, 0.4) is 0 Å². The SMILES string of the molecule is O=Cc1cnn(CCN2CCCCC2)c1. The second-order valence-electron chi connectivity index (χ2n) is 4.06. The third-order valence-electron chi connectivity index (χ3n) is 2.88. The predicted molar refractivity (Wildman–Crippen MR) is 57.9 cm³/mol. The van der Waals surface area contributed by atoms with Gasteiger partial charge in [0.25, 0.3) is 0 Å². The predicted octanol–water partition coefficient (Wildman–Crippen LogP) is 1.18. The number of aromatic nitrogens is 2. The van der Waals surface area contributed by atoms with Crippen molar-refractivity contribution in [3.05, 3.63) is 18.0 Å². The molecule has 0 bridgehead atoms. The van der Waals surface area contributed by atoms with Crippen LogP contribution in [0.2, 0.25) is 0 Å². The molecule has 0 aromatic carbocycles. The van der Waals surface area contributed by atoms with Crippen LogP contribution in [-0.2, 0) is 6.54 Å². The molecule has 1 aromatic rings. The normalized spacial score (nSPS) is 17.9. The Morgan fingerprint density at radius 2 is 2.07 bits per heavy atom. The second-order valence-corrected chi connectivity index (χ2v) is 4.06. The zero-order valence-electron chi connectivity index (χ0n) is 8.93. The summed E-state index contributed by atoms with van der Waals surface area (Å²) in [6, 6.07) is 0. The lowest BCUT2D eigenvalue weighted by molar-refractivity contribution is 0.112. The van der Waals surface area contributed by atoms with Gasteiger partial charge in [-0.25, -0.2) is 0 Å². The average molecular weight is 207 g/mol. The minimum absolute atomic E-state index is 0.661. The van der Waals surface area contributed by atoms with E-state index in [0.29, 0.717) is 5.56 Å². The maximum Gasteiger partial charge on any atom is 0.153 e. The number of piperidine rings is 1. The van der Waals surface area contributed by atoms with Gasteiger partial charge in [-0.15, -0.1) is 0 Å². The van der Waals surface area contributed by atoms with Crippen molar-refractivity contribution in [2.24, 2.45) is 0 Å². The van der Waals surface area contributed by atoms with Gasteiger partial charge in [-0.05, 0) is 25.9 Å². The van der Waals surface area contributed by atoms with E-state index in [1.165, 1.54) is 32.4 Å². The van der Waals surface area contributed by atoms with Gasteiger partial charge in [0.2, 0.25) is 0 Å². The van der Waals surface area contributed by atoms with E-state index >= 15 is 0 Å². The molecule has 0 amide bonds. The first-order valence-corrected chi connectivity index (χ1v) is 5.58. The number of carbonyl (C=O) groups is 1.